The van der Waals surface area contributed by atoms with Crippen molar-refractivity contribution in [1.82, 2.24) is 4.98 Å². The van der Waals surface area contributed by atoms with Crippen LogP contribution in [0.2, 0.25) is 17.3 Å². The maximum atomic E-state index is 7.35. The van der Waals surface area contributed by atoms with Crippen LogP contribution < -0.4 is 4.40 Å². The molecule has 0 amide bonds. The van der Waals surface area contributed by atoms with Crippen molar-refractivity contribution in [2.24, 2.45) is 4.99 Å². The smallest absolute Gasteiger partial charge is 0.120 e. The molecule has 0 saturated carbocycles. The fourth-order valence-corrected chi connectivity index (χ4v) is 9.81. The van der Waals surface area contributed by atoms with Gasteiger partial charge >= 0.3 is 110 Å². The number of benzene rings is 7. The van der Waals surface area contributed by atoms with Crippen molar-refractivity contribution in [3.63, 3.8) is 0 Å². The molecule has 7 aromatic carbocycles. The summed E-state index contributed by atoms with van der Waals surface area (Å²) in [5, 5.41) is 2.20. The molecule has 0 spiro atoms. The first-order valence-electron chi connectivity index (χ1n) is 20.8. The summed E-state index contributed by atoms with van der Waals surface area (Å²) in [4.78, 5) is 9.72. The minimum Gasteiger partial charge on any atom is -0.501 e. The second-order valence-electron chi connectivity index (χ2n) is 15.4. The summed E-state index contributed by atoms with van der Waals surface area (Å²) in [5.41, 5.74) is 13.8. The average Bonchev–Trinajstić information content (AvgIpc) is 3.86. The summed E-state index contributed by atoms with van der Waals surface area (Å²) in [5.74, 6) is 6.92. The summed E-state index contributed by atoms with van der Waals surface area (Å²) in [6.45, 7) is -2.08. The number of nitrogens with zero attached hydrogens (tertiary/aromatic N) is 2. The van der Waals surface area contributed by atoms with Crippen molar-refractivity contribution in [2.45, 2.75) is 30.0 Å². The molecular formula is C53H42GeIrN2O-2. The Morgan fingerprint density at radius 3 is 2.12 bits per heavy atom. The number of hydrogen-bond donors (Lipinski definition) is 0. The first-order chi connectivity index (χ1) is 29.0. The summed E-state index contributed by atoms with van der Waals surface area (Å²) >= 11 is -1.83. The van der Waals surface area contributed by atoms with Crippen LogP contribution in [-0.4, -0.2) is 24.0 Å². The standard InChI is InChI=1S/C38H24NO.C15H18GeN.Ir/c1-3-12-25(13-4-1)27-22-23-29(33(24-27)26-14-5-2-6-15-26)36-31-17-7-9-20-34(31)39-37(36)32-19-11-18-30-28-16-8-10-21-35(28)40-38(30)32;1-12-5-7-13(8-6-12)15-10-9-14(11-17-15)16(2,3)4;/h1-18,20-24,36H;5-7,9-11H,1-4H3;/q2*-1;/i;1D3;. The molecule has 58 heavy (non-hydrogen) atoms. The van der Waals surface area contributed by atoms with E-state index in [1.54, 1.807) is 12.1 Å². The minimum absolute atomic E-state index is 0. The van der Waals surface area contributed by atoms with Crippen molar-refractivity contribution < 1.29 is 28.6 Å². The number of hydrogen-bond acceptors (Lipinski definition) is 3. The van der Waals surface area contributed by atoms with Gasteiger partial charge in [-0.25, -0.2) is 0 Å². The summed E-state index contributed by atoms with van der Waals surface area (Å²) in [6.07, 6.45) is 1.95. The summed E-state index contributed by atoms with van der Waals surface area (Å²) in [6, 6.07) is 64.4. The van der Waals surface area contributed by atoms with E-state index in [1.807, 2.05) is 30.5 Å². The monoisotopic (exact) mass is 992 g/mol. The molecule has 3 heterocycles. The van der Waals surface area contributed by atoms with Crippen LogP contribution in [0.5, 0.6) is 0 Å². The Balaban J connectivity index is 0.000000208. The molecule has 0 fully saturated rings. The molecule has 285 valence electrons. The molecule has 9 aromatic rings. The third kappa shape index (κ3) is 7.80. The van der Waals surface area contributed by atoms with Gasteiger partial charge in [-0.3, -0.25) is 4.99 Å². The van der Waals surface area contributed by atoms with Crippen molar-refractivity contribution in [2.75, 3.05) is 0 Å². The zero-order chi connectivity index (χ0) is 41.4. The van der Waals surface area contributed by atoms with E-state index in [2.05, 4.69) is 162 Å². The molecule has 1 atom stereocenters. The summed E-state index contributed by atoms with van der Waals surface area (Å²) < 4.78 is 29.9. The first kappa shape index (κ1) is 35.5. The third-order valence-electron chi connectivity index (χ3n) is 10.6. The van der Waals surface area contributed by atoms with E-state index >= 15 is 0 Å². The van der Waals surface area contributed by atoms with Crippen molar-refractivity contribution in [1.29, 1.82) is 0 Å². The van der Waals surface area contributed by atoms with Gasteiger partial charge in [0.15, 0.2) is 0 Å². The maximum absolute atomic E-state index is 7.35. The number of aromatic nitrogens is 1. The molecule has 0 N–H and O–H groups in total. The van der Waals surface area contributed by atoms with Gasteiger partial charge in [0, 0.05) is 31.4 Å². The minimum atomic E-state index is -2.08. The number of pyridine rings is 1. The Hall–Kier alpha value is -5.65. The number of aryl methyl sites for hydroxylation is 1. The average molecular weight is 991 g/mol. The van der Waals surface area contributed by atoms with Crippen LogP contribution in [0, 0.1) is 19.0 Å². The predicted molar refractivity (Wildman–Crippen MR) is 241 cm³/mol. The fourth-order valence-electron chi connectivity index (χ4n) is 7.64. The van der Waals surface area contributed by atoms with Crippen LogP contribution >= 0.6 is 0 Å². The van der Waals surface area contributed by atoms with E-state index in [1.165, 1.54) is 43.8 Å². The van der Waals surface area contributed by atoms with Gasteiger partial charge in [0.25, 0.3) is 0 Å². The van der Waals surface area contributed by atoms with E-state index in [0.29, 0.717) is 5.56 Å². The van der Waals surface area contributed by atoms with E-state index in [0.717, 1.165) is 50.2 Å². The number of fused-ring (bicyclic) bond motifs is 4. The molecule has 1 aliphatic rings. The zero-order valence-corrected chi connectivity index (χ0v) is 36.9. The first-order valence-corrected chi connectivity index (χ1v) is 26.6. The van der Waals surface area contributed by atoms with Gasteiger partial charge in [0.2, 0.25) is 0 Å². The SMILES string of the molecule is [2H]C([2H])([2H])c1c[c-]c(-c2cc[c]([Ge]([CH3])([CH3])[CH3])cn2)cc1.[Ir].[c-]1ccc2c(oc3ccccc32)c1C1=Nc2ccccc2C1c1ccc(-c2ccccc2)cc1-c1ccccc1. The topological polar surface area (TPSA) is 38.4 Å². The molecule has 1 radical (unpaired) electrons. The number of rotatable bonds is 6. The molecule has 0 bridgehead atoms. The van der Waals surface area contributed by atoms with E-state index < -0.39 is 20.1 Å². The van der Waals surface area contributed by atoms with Crippen molar-refractivity contribution in [3.05, 3.63) is 210 Å². The van der Waals surface area contributed by atoms with Gasteiger partial charge in [-0.2, -0.15) is 0 Å². The zero-order valence-electron chi connectivity index (χ0n) is 35.5. The van der Waals surface area contributed by atoms with Crippen LogP contribution in [0.1, 0.15) is 32.3 Å². The fraction of sp³-hybridized carbons (Fsp3) is 0.0943. The molecule has 0 saturated heterocycles. The van der Waals surface area contributed by atoms with Gasteiger partial charge in [0.1, 0.15) is 5.58 Å². The molecule has 10 rings (SSSR count). The van der Waals surface area contributed by atoms with E-state index in [4.69, 9.17) is 13.5 Å². The maximum Gasteiger partial charge on any atom is 0.120 e. The molecule has 3 nitrogen and oxygen atoms in total. The second-order valence-corrected chi connectivity index (χ2v) is 26.0. The van der Waals surface area contributed by atoms with Crippen molar-refractivity contribution in [3.8, 4) is 33.5 Å². The molecule has 1 aliphatic heterocycles. The van der Waals surface area contributed by atoms with Gasteiger partial charge < -0.3 is 4.42 Å². The number of para-hydroxylation sites is 2. The largest absolute Gasteiger partial charge is 0.501 e. The van der Waals surface area contributed by atoms with Crippen LogP contribution in [0.25, 0.3) is 55.4 Å². The molecule has 0 aliphatic carbocycles. The third-order valence-corrected chi connectivity index (χ3v) is 14.9. The van der Waals surface area contributed by atoms with E-state index in [9.17, 15) is 0 Å². The Morgan fingerprint density at radius 1 is 0.655 bits per heavy atom. The number of aliphatic imine (C=N–C) groups is 1. The van der Waals surface area contributed by atoms with Gasteiger partial charge in [-0.15, -0.1) is 18.2 Å². The van der Waals surface area contributed by atoms with Gasteiger partial charge in [-0.05, 0) is 57.3 Å². The molecule has 5 heteroatoms. The molecule has 1 unspecified atom stereocenters. The Bertz CT molecular complexity index is 2940. The van der Waals surface area contributed by atoms with Crippen LogP contribution in [0.3, 0.4) is 0 Å². The normalized spacial score (nSPS) is 14.3. The Kier molecular flexibility index (Phi) is 10.2. The van der Waals surface area contributed by atoms with Crippen LogP contribution in [0.15, 0.2) is 185 Å². The summed E-state index contributed by atoms with van der Waals surface area (Å²) in [7, 11) is 0. The Morgan fingerprint density at radius 2 is 1.40 bits per heavy atom. The van der Waals surface area contributed by atoms with E-state index in [-0.39, 0.29) is 26.0 Å². The predicted octanol–water partition coefficient (Wildman–Crippen LogP) is 13.4. The van der Waals surface area contributed by atoms with Crippen LogP contribution in [0.4, 0.5) is 5.69 Å². The second kappa shape index (κ2) is 16.7. The number of furan rings is 1. The van der Waals surface area contributed by atoms with Crippen LogP contribution in [-0.2, 0) is 20.1 Å². The van der Waals surface area contributed by atoms with Gasteiger partial charge in [0.05, 0.1) is 11.3 Å². The molecule has 2 aromatic heterocycles. The Labute approximate surface area is 361 Å². The van der Waals surface area contributed by atoms with Crippen molar-refractivity contribution >= 4 is 51.0 Å². The van der Waals surface area contributed by atoms with Gasteiger partial charge in [-0.1, -0.05) is 120 Å². The molecular weight excluding hydrogens is 945 g/mol. The quantitative estimate of drug-likeness (QED) is 0.123.